The number of aromatic amines is 1. The van der Waals surface area contributed by atoms with Gasteiger partial charge in [0.25, 0.3) is 0 Å². The standard InChI is InChI=1S/C23H27N3O/c1-3-16(2)23(27)26-13-7-10-18(15-26)22-21(14-24-25-22)20-12-6-9-17-8-4-5-11-19(17)20/h4-6,8-9,11-12,14,16,18H,3,7,10,13,15H2,1-2H3,(H,24,25)/t16-,18+/m1/s1. The number of rotatable bonds is 4. The number of hydrogen-bond donors (Lipinski definition) is 1. The fourth-order valence-corrected chi connectivity index (χ4v) is 4.18. The maximum atomic E-state index is 12.7. The Balaban J connectivity index is 1.67. The lowest BCUT2D eigenvalue weighted by atomic mass is 9.88. The van der Waals surface area contributed by atoms with Crippen molar-refractivity contribution in [2.75, 3.05) is 13.1 Å². The zero-order valence-electron chi connectivity index (χ0n) is 16.1. The normalized spacial score (nSPS) is 18.6. The van der Waals surface area contributed by atoms with Gasteiger partial charge in [-0.1, -0.05) is 56.3 Å². The van der Waals surface area contributed by atoms with E-state index in [1.54, 1.807) is 0 Å². The highest BCUT2D eigenvalue weighted by Crippen LogP contribution is 2.36. The number of likely N-dealkylation sites (tertiary alicyclic amines) is 1. The van der Waals surface area contributed by atoms with Gasteiger partial charge in [-0.15, -0.1) is 0 Å². The predicted octanol–water partition coefficient (Wildman–Crippen LogP) is 4.98. The van der Waals surface area contributed by atoms with Gasteiger partial charge in [-0.25, -0.2) is 0 Å². The van der Waals surface area contributed by atoms with Crippen LogP contribution in [0.2, 0.25) is 0 Å². The molecule has 2 atom stereocenters. The molecule has 0 radical (unpaired) electrons. The molecule has 4 rings (SSSR count). The summed E-state index contributed by atoms with van der Waals surface area (Å²) in [5.41, 5.74) is 3.53. The molecule has 1 aromatic heterocycles. The molecule has 2 aromatic carbocycles. The van der Waals surface area contributed by atoms with Crippen LogP contribution in [0.3, 0.4) is 0 Å². The predicted molar refractivity (Wildman–Crippen MR) is 110 cm³/mol. The van der Waals surface area contributed by atoms with Crippen molar-refractivity contribution in [3.63, 3.8) is 0 Å². The monoisotopic (exact) mass is 361 g/mol. The Morgan fingerprint density at radius 3 is 2.89 bits per heavy atom. The first-order valence-corrected chi connectivity index (χ1v) is 9.99. The molecule has 0 spiro atoms. The van der Waals surface area contributed by atoms with E-state index < -0.39 is 0 Å². The van der Waals surface area contributed by atoms with E-state index in [2.05, 4.69) is 64.5 Å². The number of nitrogens with zero attached hydrogens (tertiary/aromatic N) is 2. The average Bonchev–Trinajstić information content (AvgIpc) is 3.22. The number of nitrogens with one attached hydrogen (secondary N) is 1. The van der Waals surface area contributed by atoms with E-state index in [1.165, 1.54) is 16.3 Å². The van der Waals surface area contributed by atoms with Gasteiger partial charge in [0.2, 0.25) is 5.91 Å². The van der Waals surface area contributed by atoms with E-state index >= 15 is 0 Å². The minimum absolute atomic E-state index is 0.100. The number of amides is 1. The summed E-state index contributed by atoms with van der Waals surface area (Å²) in [5, 5.41) is 10.1. The molecule has 0 aliphatic carbocycles. The topological polar surface area (TPSA) is 49.0 Å². The Bertz CT molecular complexity index is 940. The van der Waals surface area contributed by atoms with E-state index in [0.717, 1.165) is 43.6 Å². The zero-order chi connectivity index (χ0) is 18.8. The van der Waals surface area contributed by atoms with Crippen LogP contribution in [0.25, 0.3) is 21.9 Å². The molecule has 27 heavy (non-hydrogen) atoms. The molecule has 4 heteroatoms. The first kappa shape index (κ1) is 17.8. The summed E-state index contributed by atoms with van der Waals surface area (Å²) in [6, 6.07) is 14.9. The summed E-state index contributed by atoms with van der Waals surface area (Å²) < 4.78 is 0. The van der Waals surface area contributed by atoms with E-state index in [9.17, 15) is 4.79 Å². The first-order valence-electron chi connectivity index (χ1n) is 9.99. The number of piperidine rings is 1. The van der Waals surface area contributed by atoms with Gasteiger partial charge in [0.05, 0.1) is 6.20 Å². The average molecular weight is 361 g/mol. The van der Waals surface area contributed by atoms with Gasteiger partial charge in [-0.2, -0.15) is 5.10 Å². The quantitative estimate of drug-likeness (QED) is 0.712. The number of aromatic nitrogens is 2. The molecule has 1 saturated heterocycles. The molecular weight excluding hydrogens is 334 g/mol. The van der Waals surface area contributed by atoms with Crippen molar-refractivity contribution in [3.8, 4) is 11.1 Å². The van der Waals surface area contributed by atoms with E-state index in [1.807, 2.05) is 13.1 Å². The Kier molecular flexibility index (Phi) is 4.97. The van der Waals surface area contributed by atoms with Crippen molar-refractivity contribution in [1.82, 2.24) is 15.1 Å². The second kappa shape index (κ2) is 7.55. The molecule has 0 unspecified atom stereocenters. The van der Waals surface area contributed by atoms with E-state index in [4.69, 9.17) is 0 Å². The molecule has 0 saturated carbocycles. The molecule has 4 nitrogen and oxygen atoms in total. The zero-order valence-corrected chi connectivity index (χ0v) is 16.1. The van der Waals surface area contributed by atoms with Crippen LogP contribution < -0.4 is 0 Å². The molecule has 2 heterocycles. The van der Waals surface area contributed by atoms with Crippen LogP contribution in [0.15, 0.2) is 48.7 Å². The minimum Gasteiger partial charge on any atom is -0.342 e. The lowest BCUT2D eigenvalue weighted by Crippen LogP contribution is -2.41. The van der Waals surface area contributed by atoms with Crippen LogP contribution in [0, 0.1) is 5.92 Å². The molecule has 1 N–H and O–H groups in total. The maximum absolute atomic E-state index is 12.7. The molecule has 1 fully saturated rings. The van der Waals surface area contributed by atoms with Gasteiger partial charge < -0.3 is 4.90 Å². The number of fused-ring (bicyclic) bond motifs is 1. The number of hydrogen-bond acceptors (Lipinski definition) is 2. The third-order valence-corrected chi connectivity index (χ3v) is 5.92. The van der Waals surface area contributed by atoms with Crippen LogP contribution in [-0.4, -0.2) is 34.1 Å². The lowest BCUT2D eigenvalue weighted by Gasteiger charge is -2.34. The Hall–Kier alpha value is -2.62. The van der Waals surface area contributed by atoms with Crippen LogP contribution in [0.4, 0.5) is 0 Å². The lowest BCUT2D eigenvalue weighted by molar-refractivity contribution is -0.136. The summed E-state index contributed by atoms with van der Waals surface area (Å²) in [6.45, 7) is 5.77. The molecule has 0 bridgehead atoms. The van der Waals surface area contributed by atoms with Gasteiger partial charge in [0.15, 0.2) is 0 Å². The Morgan fingerprint density at radius 1 is 1.22 bits per heavy atom. The Labute approximate surface area is 160 Å². The summed E-state index contributed by atoms with van der Waals surface area (Å²) in [7, 11) is 0. The maximum Gasteiger partial charge on any atom is 0.225 e. The van der Waals surface area contributed by atoms with E-state index in [-0.39, 0.29) is 11.8 Å². The van der Waals surface area contributed by atoms with Gasteiger partial charge in [-0.3, -0.25) is 9.89 Å². The second-order valence-corrected chi connectivity index (χ2v) is 7.66. The van der Waals surface area contributed by atoms with Crippen molar-refractivity contribution in [2.45, 2.75) is 39.0 Å². The van der Waals surface area contributed by atoms with Crippen LogP contribution in [0.1, 0.15) is 44.7 Å². The Morgan fingerprint density at radius 2 is 2.04 bits per heavy atom. The molecule has 1 aliphatic heterocycles. The van der Waals surface area contributed by atoms with Crippen molar-refractivity contribution in [1.29, 1.82) is 0 Å². The first-order chi connectivity index (χ1) is 13.2. The summed E-state index contributed by atoms with van der Waals surface area (Å²) in [6.07, 6.45) is 4.96. The highest BCUT2D eigenvalue weighted by Gasteiger charge is 2.29. The fraction of sp³-hybridized carbons (Fsp3) is 0.391. The second-order valence-electron chi connectivity index (χ2n) is 7.66. The van der Waals surface area contributed by atoms with Crippen molar-refractivity contribution >= 4 is 16.7 Å². The third-order valence-electron chi connectivity index (χ3n) is 5.92. The van der Waals surface area contributed by atoms with Gasteiger partial charge >= 0.3 is 0 Å². The summed E-state index contributed by atoms with van der Waals surface area (Å²) >= 11 is 0. The fourth-order valence-electron chi connectivity index (χ4n) is 4.18. The van der Waals surface area contributed by atoms with Crippen molar-refractivity contribution in [2.24, 2.45) is 5.92 Å². The third kappa shape index (κ3) is 3.36. The summed E-state index contributed by atoms with van der Waals surface area (Å²) in [5.74, 6) is 0.694. The number of carbonyl (C=O) groups is 1. The number of benzene rings is 2. The van der Waals surface area contributed by atoms with Crippen LogP contribution in [0.5, 0.6) is 0 Å². The van der Waals surface area contributed by atoms with Crippen molar-refractivity contribution < 1.29 is 4.79 Å². The van der Waals surface area contributed by atoms with Gasteiger partial charge in [0, 0.05) is 36.2 Å². The molecule has 1 aliphatic rings. The number of carbonyl (C=O) groups excluding carboxylic acids is 1. The molecule has 140 valence electrons. The molecule has 3 aromatic rings. The largest absolute Gasteiger partial charge is 0.342 e. The van der Waals surface area contributed by atoms with Crippen LogP contribution in [-0.2, 0) is 4.79 Å². The van der Waals surface area contributed by atoms with E-state index in [0.29, 0.717) is 5.92 Å². The van der Waals surface area contributed by atoms with Gasteiger partial charge in [0.1, 0.15) is 0 Å². The molecular formula is C23H27N3O. The summed E-state index contributed by atoms with van der Waals surface area (Å²) in [4.78, 5) is 14.7. The number of H-pyrrole nitrogens is 1. The molecule has 1 amide bonds. The highest BCUT2D eigenvalue weighted by atomic mass is 16.2. The smallest absolute Gasteiger partial charge is 0.225 e. The SMILES string of the molecule is CC[C@@H](C)C(=O)N1CCC[C@H](c2[nH]ncc2-c2cccc3ccccc23)C1. The van der Waals surface area contributed by atoms with Gasteiger partial charge in [-0.05, 0) is 35.6 Å². The van der Waals surface area contributed by atoms with Crippen molar-refractivity contribution in [3.05, 3.63) is 54.4 Å². The van der Waals surface area contributed by atoms with Crippen LogP contribution >= 0.6 is 0 Å². The highest BCUT2D eigenvalue weighted by molar-refractivity contribution is 5.97. The minimum atomic E-state index is 0.100.